The Morgan fingerprint density at radius 3 is 2.71 bits per heavy atom. The van der Waals surface area contributed by atoms with Crippen molar-refractivity contribution in [2.75, 3.05) is 19.1 Å². The number of pyridine rings is 1. The van der Waals surface area contributed by atoms with Crippen LogP contribution in [0.1, 0.15) is 47.2 Å². The summed E-state index contributed by atoms with van der Waals surface area (Å²) in [6.07, 6.45) is 7.63. The molecule has 0 saturated carbocycles. The highest BCUT2D eigenvalue weighted by Gasteiger charge is 2.27. The van der Waals surface area contributed by atoms with Gasteiger partial charge in [-0.1, -0.05) is 6.08 Å². The number of carboxylic acid groups (broad SMARTS) is 1. The van der Waals surface area contributed by atoms with Gasteiger partial charge in [-0.05, 0) is 49.1 Å². The first-order valence-electron chi connectivity index (χ1n) is 8.85. The number of benzene rings is 1. The van der Waals surface area contributed by atoms with Gasteiger partial charge < -0.3 is 20.2 Å². The van der Waals surface area contributed by atoms with E-state index in [0.29, 0.717) is 24.2 Å². The van der Waals surface area contributed by atoms with Gasteiger partial charge in [0.1, 0.15) is 5.75 Å². The summed E-state index contributed by atoms with van der Waals surface area (Å²) in [7, 11) is 3.37. The zero-order valence-electron chi connectivity index (χ0n) is 15.9. The molecule has 1 aliphatic rings. The SMILES string of the molecule is COc1ccc2c(c1)/C(=C\CCCCC(=O)O)c1cnccc1C(=O)N2C.O. The van der Waals surface area contributed by atoms with E-state index in [9.17, 15) is 9.59 Å². The molecule has 148 valence electrons. The van der Waals surface area contributed by atoms with Gasteiger partial charge in [-0.25, -0.2) is 0 Å². The molecule has 0 fully saturated rings. The molecule has 0 saturated heterocycles. The maximum Gasteiger partial charge on any atom is 0.303 e. The lowest BCUT2D eigenvalue weighted by atomic mass is 9.94. The molecule has 0 unspecified atom stereocenters. The minimum absolute atomic E-state index is 0. The number of aliphatic carboxylic acids is 1. The van der Waals surface area contributed by atoms with Gasteiger partial charge in [-0.15, -0.1) is 0 Å². The van der Waals surface area contributed by atoms with Crippen molar-refractivity contribution in [2.45, 2.75) is 25.7 Å². The Hall–Kier alpha value is -3.19. The number of methoxy groups -OCH3 is 1. The number of rotatable bonds is 6. The van der Waals surface area contributed by atoms with Gasteiger partial charge in [0.05, 0.1) is 18.4 Å². The van der Waals surface area contributed by atoms with E-state index in [2.05, 4.69) is 11.1 Å². The molecule has 7 nitrogen and oxygen atoms in total. The zero-order valence-corrected chi connectivity index (χ0v) is 15.9. The van der Waals surface area contributed by atoms with Crippen LogP contribution < -0.4 is 9.64 Å². The third kappa shape index (κ3) is 4.20. The highest BCUT2D eigenvalue weighted by molar-refractivity contribution is 6.13. The van der Waals surface area contributed by atoms with Gasteiger partial charge in [-0.3, -0.25) is 14.6 Å². The fourth-order valence-electron chi connectivity index (χ4n) is 3.27. The average Bonchev–Trinajstić information content (AvgIpc) is 2.76. The number of hydrogen-bond acceptors (Lipinski definition) is 4. The summed E-state index contributed by atoms with van der Waals surface area (Å²) in [5.41, 5.74) is 3.99. The molecule has 1 amide bonds. The molecular formula is C21H24N2O5. The van der Waals surface area contributed by atoms with Crippen molar-refractivity contribution in [3.63, 3.8) is 0 Å². The minimum Gasteiger partial charge on any atom is -0.497 e. The lowest BCUT2D eigenvalue weighted by Crippen LogP contribution is -2.26. The maximum atomic E-state index is 12.9. The number of unbranched alkanes of at least 4 members (excludes halogenated alkanes) is 2. The van der Waals surface area contributed by atoms with E-state index in [1.807, 2.05) is 18.2 Å². The fourth-order valence-corrected chi connectivity index (χ4v) is 3.27. The Morgan fingerprint density at radius 1 is 1.21 bits per heavy atom. The Kier molecular flexibility index (Phi) is 6.89. The molecule has 7 heteroatoms. The molecule has 2 heterocycles. The zero-order chi connectivity index (χ0) is 19.4. The second-order valence-corrected chi connectivity index (χ2v) is 6.43. The van der Waals surface area contributed by atoms with Crippen LogP contribution in [0.5, 0.6) is 5.75 Å². The number of nitrogens with zero attached hydrogens (tertiary/aromatic N) is 2. The Morgan fingerprint density at radius 2 is 2.00 bits per heavy atom. The number of carbonyl (C=O) groups excluding carboxylic acids is 1. The van der Waals surface area contributed by atoms with Gasteiger partial charge >= 0.3 is 5.97 Å². The van der Waals surface area contributed by atoms with Crippen molar-refractivity contribution in [1.82, 2.24) is 4.98 Å². The molecule has 0 radical (unpaired) electrons. The van der Waals surface area contributed by atoms with E-state index in [0.717, 1.165) is 28.8 Å². The average molecular weight is 384 g/mol. The summed E-state index contributed by atoms with van der Waals surface area (Å²) in [6.45, 7) is 0. The maximum absolute atomic E-state index is 12.9. The van der Waals surface area contributed by atoms with Crippen LogP contribution in [0, 0.1) is 0 Å². The van der Waals surface area contributed by atoms with Gasteiger partial charge in [0.25, 0.3) is 5.91 Å². The van der Waals surface area contributed by atoms with E-state index >= 15 is 0 Å². The monoisotopic (exact) mass is 384 g/mol. The van der Waals surface area contributed by atoms with Crippen molar-refractivity contribution in [1.29, 1.82) is 0 Å². The van der Waals surface area contributed by atoms with E-state index in [-0.39, 0.29) is 17.8 Å². The quantitative estimate of drug-likeness (QED) is 0.770. The summed E-state index contributed by atoms with van der Waals surface area (Å²) in [5.74, 6) is -0.166. The van der Waals surface area contributed by atoms with E-state index < -0.39 is 5.97 Å². The molecule has 0 aliphatic carbocycles. The van der Waals surface area contributed by atoms with Gasteiger partial charge in [0.15, 0.2) is 0 Å². The van der Waals surface area contributed by atoms with Crippen LogP contribution in [0.25, 0.3) is 5.57 Å². The first kappa shape index (κ1) is 21.1. The van der Waals surface area contributed by atoms with Crippen LogP contribution in [0.3, 0.4) is 0 Å². The third-order valence-electron chi connectivity index (χ3n) is 4.69. The van der Waals surface area contributed by atoms with E-state index in [1.54, 1.807) is 37.5 Å². The number of carboxylic acids is 1. The highest BCUT2D eigenvalue weighted by Crippen LogP contribution is 2.39. The van der Waals surface area contributed by atoms with Gasteiger partial charge in [-0.2, -0.15) is 0 Å². The van der Waals surface area contributed by atoms with E-state index in [4.69, 9.17) is 9.84 Å². The molecule has 1 aliphatic heterocycles. The van der Waals surface area contributed by atoms with Crippen LogP contribution in [0.15, 0.2) is 42.7 Å². The standard InChI is InChI=1S/C21H22N2O4.H2O/c1-23-19-9-8-14(27-2)12-17(19)15(6-4-3-5-7-20(24)25)18-13-22-11-10-16(18)21(23)26;/h6,8-13H,3-5,7H2,1-2H3,(H,24,25);1H2/b15-6+;. The normalized spacial score (nSPS) is 14.0. The second-order valence-electron chi connectivity index (χ2n) is 6.43. The molecule has 0 bridgehead atoms. The lowest BCUT2D eigenvalue weighted by molar-refractivity contribution is -0.137. The molecule has 1 aromatic heterocycles. The fraction of sp³-hybridized carbons (Fsp3) is 0.286. The van der Waals surface area contributed by atoms with Crippen LogP contribution in [-0.2, 0) is 4.79 Å². The minimum atomic E-state index is -0.783. The van der Waals surface area contributed by atoms with Crippen molar-refractivity contribution in [3.05, 3.63) is 59.4 Å². The molecule has 0 atom stereocenters. The summed E-state index contributed by atoms with van der Waals surface area (Å²) < 4.78 is 5.38. The van der Waals surface area contributed by atoms with E-state index in [1.165, 1.54) is 0 Å². The summed E-state index contributed by atoms with van der Waals surface area (Å²) in [6, 6.07) is 7.37. The Balaban J connectivity index is 0.00000280. The van der Waals surface area contributed by atoms with Crippen molar-refractivity contribution < 1.29 is 24.9 Å². The van der Waals surface area contributed by atoms with Crippen molar-refractivity contribution >= 4 is 23.1 Å². The van der Waals surface area contributed by atoms with Crippen LogP contribution in [0.2, 0.25) is 0 Å². The summed E-state index contributed by atoms with van der Waals surface area (Å²) >= 11 is 0. The number of amides is 1. The molecule has 3 N–H and O–H groups in total. The summed E-state index contributed by atoms with van der Waals surface area (Å²) in [5, 5.41) is 8.79. The van der Waals surface area contributed by atoms with Gasteiger partial charge in [0.2, 0.25) is 0 Å². The lowest BCUT2D eigenvalue weighted by Gasteiger charge is -2.18. The Labute approximate surface area is 163 Å². The number of carbonyl (C=O) groups is 2. The van der Waals surface area contributed by atoms with Crippen LogP contribution in [0.4, 0.5) is 5.69 Å². The number of fused-ring (bicyclic) bond motifs is 2. The van der Waals surface area contributed by atoms with Gasteiger partial charge in [0, 0.05) is 37.0 Å². The topological polar surface area (TPSA) is 111 Å². The number of allylic oxidation sites excluding steroid dienone is 1. The third-order valence-corrected chi connectivity index (χ3v) is 4.69. The number of ether oxygens (including phenoxy) is 1. The molecule has 3 rings (SSSR count). The predicted octanol–water partition coefficient (Wildman–Crippen LogP) is 2.93. The second kappa shape index (κ2) is 9.14. The first-order valence-corrected chi connectivity index (χ1v) is 8.85. The predicted molar refractivity (Wildman–Crippen MR) is 107 cm³/mol. The first-order chi connectivity index (χ1) is 13.0. The molecule has 2 aromatic rings. The molecule has 1 aromatic carbocycles. The Bertz CT molecular complexity index is 907. The smallest absolute Gasteiger partial charge is 0.303 e. The largest absolute Gasteiger partial charge is 0.497 e. The number of anilines is 1. The molecule has 0 spiro atoms. The van der Waals surface area contributed by atoms with Crippen molar-refractivity contribution in [3.8, 4) is 5.75 Å². The molecular weight excluding hydrogens is 360 g/mol. The number of hydrogen-bond donors (Lipinski definition) is 1. The van der Waals surface area contributed by atoms with Crippen LogP contribution >= 0.6 is 0 Å². The van der Waals surface area contributed by atoms with Crippen LogP contribution in [-0.4, -0.2) is 41.6 Å². The molecule has 28 heavy (non-hydrogen) atoms. The number of aromatic nitrogens is 1. The van der Waals surface area contributed by atoms with Crippen molar-refractivity contribution in [2.24, 2.45) is 0 Å². The highest BCUT2D eigenvalue weighted by atomic mass is 16.5. The summed E-state index contributed by atoms with van der Waals surface area (Å²) in [4.78, 5) is 29.5.